The molecule has 8 nitrogen and oxygen atoms in total. The number of nitrogens with zero attached hydrogens (tertiary/aromatic N) is 1. The summed E-state index contributed by atoms with van der Waals surface area (Å²) in [5.41, 5.74) is 0.830. The number of likely N-dealkylation sites (tertiary alicyclic amines) is 1. The fourth-order valence-electron chi connectivity index (χ4n) is 4.66. The Balaban J connectivity index is 1.54. The van der Waals surface area contributed by atoms with Crippen LogP contribution in [-0.2, 0) is 20.8 Å². The Hall–Kier alpha value is -2.45. The number of aliphatic hydroxyl groups is 1. The van der Waals surface area contributed by atoms with E-state index in [0.29, 0.717) is 31.8 Å². The molecular weight excluding hydrogens is 410 g/mol. The summed E-state index contributed by atoms with van der Waals surface area (Å²) in [5, 5.41) is 25.5. The van der Waals surface area contributed by atoms with Gasteiger partial charge in [0.1, 0.15) is 0 Å². The summed E-state index contributed by atoms with van der Waals surface area (Å²) in [5.74, 6) is -1.40. The molecule has 32 heavy (non-hydrogen) atoms. The van der Waals surface area contributed by atoms with Crippen LogP contribution in [0.2, 0.25) is 0 Å². The average Bonchev–Trinajstić information content (AvgIpc) is 2.83. The SMILES string of the molecule is O=C(N[C@H](Cc1ccccc1)[C@@H](O)C(=O)O)[C@@H]1CCCN(C(=O)CCC2CCNCC2)C1. The molecule has 3 atom stereocenters. The molecule has 2 fully saturated rings. The Bertz CT molecular complexity index is 766. The third-order valence-electron chi connectivity index (χ3n) is 6.63. The number of amides is 2. The molecule has 0 aliphatic carbocycles. The molecule has 2 aliphatic heterocycles. The molecule has 0 aromatic heterocycles. The highest BCUT2D eigenvalue weighted by Gasteiger charge is 2.33. The van der Waals surface area contributed by atoms with Gasteiger partial charge in [-0.25, -0.2) is 4.79 Å². The largest absolute Gasteiger partial charge is 0.479 e. The van der Waals surface area contributed by atoms with Gasteiger partial charge in [0.15, 0.2) is 6.10 Å². The van der Waals surface area contributed by atoms with Crippen LogP contribution in [0.4, 0.5) is 0 Å². The van der Waals surface area contributed by atoms with Crippen LogP contribution in [0.25, 0.3) is 0 Å². The Labute approximate surface area is 189 Å². The number of hydrogen-bond donors (Lipinski definition) is 4. The molecule has 0 saturated carbocycles. The maximum Gasteiger partial charge on any atom is 0.334 e. The lowest BCUT2D eigenvalue weighted by atomic mass is 9.92. The summed E-state index contributed by atoms with van der Waals surface area (Å²) in [6.07, 6.45) is 3.50. The van der Waals surface area contributed by atoms with E-state index in [-0.39, 0.29) is 18.2 Å². The van der Waals surface area contributed by atoms with Gasteiger partial charge in [-0.05, 0) is 63.1 Å². The van der Waals surface area contributed by atoms with Gasteiger partial charge in [0.25, 0.3) is 0 Å². The maximum atomic E-state index is 12.9. The molecule has 4 N–H and O–H groups in total. The monoisotopic (exact) mass is 445 g/mol. The van der Waals surface area contributed by atoms with Crippen molar-refractivity contribution in [3.8, 4) is 0 Å². The van der Waals surface area contributed by atoms with E-state index in [2.05, 4.69) is 10.6 Å². The molecule has 0 unspecified atom stereocenters. The van der Waals surface area contributed by atoms with Crippen LogP contribution in [0.15, 0.2) is 30.3 Å². The molecule has 3 rings (SSSR count). The summed E-state index contributed by atoms with van der Waals surface area (Å²) < 4.78 is 0. The van der Waals surface area contributed by atoms with Crippen molar-refractivity contribution >= 4 is 17.8 Å². The van der Waals surface area contributed by atoms with Gasteiger partial charge in [0.2, 0.25) is 11.8 Å². The summed E-state index contributed by atoms with van der Waals surface area (Å²) >= 11 is 0. The highest BCUT2D eigenvalue weighted by Crippen LogP contribution is 2.22. The van der Waals surface area contributed by atoms with Crippen LogP contribution in [0, 0.1) is 11.8 Å². The Morgan fingerprint density at radius 2 is 1.84 bits per heavy atom. The van der Waals surface area contributed by atoms with Crippen molar-refractivity contribution in [2.24, 2.45) is 11.8 Å². The van der Waals surface area contributed by atoms with Gasteiger partial charge < -0.3 is 25.7 Å². The number of benzene rings is 1. The fraction of sp³-hybridized carbons (Fsp3) is 0.625. The fourth-order valence-corrected chi connectivity index (χ4v) is 4.66. The number of carboxylic acids is 1. The number of aliphatic carboxylic acids is 1. The van der Waals surface area contributed by atoms with E-state index < -0.39 is 24.0 Å². The van der Waals surface area contributed by atoms with Crippen molar-refractivity contribution in [3.05, 3.63) is 35.9 Å². The lowest BCUT2D eigenvalue weighted by Crippen LogP contribution is -2.52. The molecule has 0 bridgehead atoms. The first-order chi connectivity index (χ1) is 15.4. The smallest absolute Gasteiger partial charge is 0.334 e. The quantitative estimate of drug-likeness (QED) is 0.453. The topological polar surface area (TPSA) is 119 Å². The van der Waals surface area contributed by atoms with Crippen molar-refractivity contribution in [1.29, 1.82) is 0 Å². The predicted octanol–water partition coefficient (Wildman–Crippen LogP) is 1.18. The van der Waals surface area contributed by atoms with Gasteiger partial charge >= 0.3 is 5.97 Å². The first-order valence-electron chi connectivity index (χ1n) is 11.7. The minimum absolute atomic E-state index is 0.0902. The zero-order valence-electron chi connectivity index (χ0n) is 18.5. The van der Waals surface area contributed by atoms with Gasteiger partial charge in [0, 0.05) is 19.5 Å². The zero-order chi connectivity index (χ0) is 22.9. The Morgan fingerprint density at radius 3 is 2.53 bits per heavy atom. The summed E-state index contributed by atoms with van der Waals surface area (Å²) in [6.45, 7) is 3.02. The second kappa shape index (κ2) is 12.0. The second-order valence-electron chi connectivity index (χ2n) is 9.00. The molecule has 2 heterocycles. The first-order valence-corrected chi connectivity index (χ1v) is 11.7. The predicted molar refractivity (Wildman–Crippen MR) is 120 cm³/mol. The standard InChI is InChI=1S/C24H35N3O5/c28-21(9-8-17-10-12-25-13-11-17)27-14-4-7-19(16-27)23(30)26-20(22(29)24(31)32)15-18-5-2-1-3-6-18/h1-3,5-6,17,19-20,22,25,29H,4,7-16H2,(H,26,30)(H,31,32)/t19-,20-,22-/m1/s1. The van der Waals surface area contributed by atoms with E-state index in [9.17, 15) is 24.6 Å². The third kappa shape index (κ3) is 7.03. The zero-order valence-corrected chi connectivity index (χ0v) is 18.5. The molecule has 176 valence electrons. The number of aliphatic hydroxyl groups excluding tert-OH is 1. The van der Waals surface area contributed by atoms with Crippen molar-refractivity contribution in [3.63, 3.8) is 0 Å². The molecule has 1 aromatic rings. The molecule has 0 radical (unpaired) electrons. The molecular formula is C24H35N3O5. The Kier molecular flexibility index (Phi) is 9.05. The third-order valence-corrected chi connectivity index (χ3v) is 6.63. The van der Waals surface area contributed by atoms with Crippen LogP contribution < -0.4 is 10.6 Å². The Morgan fingerprint density at radius 1 is 1.12 bits per heavy atom. The normalized spacial score (nSPS) is 21.5. The number of carbonyl (C=O) groups excluding carboxylic acids is 2. The van der Waals surface area contributed by atoms with Crippen LogP contribution >= 0.6 is 0 Å². The van der Waals surface area contributed by atoms with Crippen molar-refractivity contribution in [2.75, 3.05) is 26.2 Å². The van der Waals surface area contributed by atoms with Gasteiger partial charge in [-0.2, -0.15) is 0 Å². The van der Waals surface area contributed by atoms with Crippen LogP contribution in [0.3, 0.4) is 0 Å². The summed E-state index contributed by atoms with van der Waals surface area (Å²) in [4.78, 5) is 38.8. The summed E-state index contributed by atoms with van der Waals surface area (Å²) in [6, 6.07) is 8.23. The first kappa shape index (κ1) is 24.2. The van der Waals surface area contributed by atoms with Crippen molar-refractivity contribution in [1.82, 2.24) is 15.5 Å². The molecule has 2 saturated heterocycles. The van der Waals surface area contributed by atoms with E-state index in [0.717, 1.165) is 44.3 Å². The van der Waals surface area contributed by atoms with E-state index >= 15 is 0 Å². The number of rotatable bonds is 9. The van der Waals surface area contributed by atoms with Crippen molar-refractivity contribution in [2.45, 2.75) is 57.1 Å². The summed E-state index contributed by atoms with van der Waals surface area (Å²) in [7, 11) is 0. The van der Waals surface area contributed by atoms with Crippen LogP contribution in [-0.4, -0.2) is 71.2 Å². The van der Waals surface area contributed by atoms with Gasteiger partial charge in [0.05, 0.1) is 12.0 Å². The van der Waals surface area contributed by atoms with Gasteiger partial charge in [-0.3, -0.25) is 9.59 Å². The van der Waals surface area contributed by atoms with Crippen LogP contribution in [0.5, 0.6) is 0 Å². The maximum absolute atomic E-state index is 12.9. The number of carboxylic acid groups (broad SMARTS) is 1. The van der Waals surface area contributed by atoms with Crippen molar-refractivity contribution < 1.29 is 24.6 Å². The van der Waals surface area contributed by atoms with E-state index in [1.54, 1.807) is 4.90 Å². The lowest BCUT2D eigenvalue weighted by molar-refractivity contribution is -0.148. The van der Waals surface area contributed by atoms with Gasteiger partial charge in [-0.15, -0.1) is 0 Å². The number of piperidine rings is 2. The minimum Gasteiger partial charge on any atom is -0.479 e. The average molecular weight is 446 g/mol. The number of hydrogen-bond acceptors (Lipinski definition) is 5. The molecule has 2 amide bonds. The molecule has 1 aromatic carbocycles. The van der Waals surface area contributed by atoms with E-state index in [1.165, 1.54) is 0 Å². The number of carbonyl (C=O) groups is 3. The number of nitrogens with one attached hydrogen (secondary N) is 2. The minimum atomic E-state index is -1.70. The van der Waals surface area contributed by atoms with Crippen LogP contribution in [0.1, 0.15) is 44.1 Å². The lowest BCUT2D eigenvalue weighted by Gasteiger charge is -2.34. The molecule has 0 spiro atoms. The van der Waals surface area contributed by atoms with E-state index in [4.69, 9.17) is 0 Å². The molecule has 2 aliphatic rings. The highest BCUT2D eigenvalue weighted by atomic mass is 16.4. The highest BCUT2D eigenvalue weighted by molar-refractivity contribution is 5.82. The van der Waals surface area contributed by atoms with E-state index in [1.807, 2.05) is 30.3 Å². The second-order valence-corrected chi connectivity index (χ2v) is 9.00. The van der Waals surface area contributed by atoms with Gasteiger partial charge in [-0.1, -0.05) is 30.3 Å². The molecule has 8 heteroatoms.